The second-order valence-electron chi connectivity index (χ2n) is 5.49. The van der Waals surface area contributed by atoms with E-state index in [9.17, 15) is 14.7 Å². The molecule has 1 fully saturated rings. The Morgan fingerprint density at radius 1 is 1.29 bits per heavy atom. The number of benzene rings is 1. The summed E-state index contributed by atoms with van der Waals surface area (Å²) in [5.41, 5.74) is 6.42. The summed E-state index contributed by atoms with van der Waals surface area (Å²) in [4.78, 5) is 25.2. The predicted molar refractivity (Wildman–Crippen MR) is 79.3 cm³/mol. The molecule has 114 valence electrons. The van der Waals surface area contributed by atoms with Crippen LogP contribution < -0.4 is 5.73 Å². The van der Waals surface area contributed by atoms with Crippen molar-refractivity contribution in [2.24, 2.45) is 5.73 Å². The molecule has 21 heavy (non-hydrogen) atoms. The van der Waals surface area contributed by atoms with Crippen LogP contribution in [0.3, 0.4) is 0 Å². The summed E-state index contributed by atoms with van der Waals surface area (Å²) >= 11 is 0. The third-order valence-corrected chi connectivity index (χ3v) is 3.95. The smallest absolute Gasteiger partial charge is 0.252 e. The molecular formula is C16H22N2O3. The Balaban J connectivity index is 1.93. The lowest BCUT2D eigenvalue weighted by Gasteiger charge is -2.35. The summed E-state index contributed by atoms with van der Waals surface area (Å²) in [6.07, 6.45) is 2.23. The first-order chi connectivity index (χ1) is 10.1. The van der Waals surface area contributed by atoms with Crippen molar-refractivity contribution in [1.29, 1.82) is 0 Å². The van der Waals surface area contributed by atoms with Crippen molar-refractivity contribution in [3.8, 4) is 0 Å². The normalized spacial score (nSPS) is 20.0. The lowest BCUT2D eigenvalue weighted by atomic mass is 9.99. The Morgan fingerprint density at radius 3 is 2.67 bits per heavy atom. The van der Waals surface area contributed by atoms with Crippen molar-refractivity contribution >= 4 is 11.8 Å². The lowest BCUT2D eigenvalue weighted by molar-refractivity contribution is -0.148. The number of aryl methyl sites for hydroxylation is 1. The molecule has 1 unspecified atom stereocenters. The molecule has 2 atom stereocenters. The van der Waals surface area contributed by atoms with Crippen molar-refractivity contribution in [1.82, 2.24) is 4.90 Å². The third-order valence-electron chi connectivity index (χ3n) is 3.95. The highest BCUT2D eigenvalue weighted by Gasteiger charge is 2.33. The number of hydrogen-bond donors (Lipinski definition) is 2. The van der Waals surface area contributed by atoms with Crippen molar-refractivity contribution < 1.29 is 14.7 Å². The zero-order valence-corrected chi connectivity index (χ0v) is 12.1. The molecule has 0 radical (unpaired) electrons. The number of carbonyl (C=O) groups is 2. The van der Waals surface area contributed by atoms with Gasteiger partial charge < -0.3 is 15.7 Å². The van der Waals surface area contributed by atoms with Crippen LogP contribution in [0, 0.1) is 0 Å². The maximum absolute atomic E-state index is 12.3. The number of rotatable bonds is 5. The molecule has 0 bridgehead atoms. The summed E-state index contributed by atoms with van der Waals surface area (Å²) < 4.78 is 0. The number of piperidine rings is 1. The van der Waals surface area contributed by atoms with Gasteiger partial charge in [-0.25, -0.2) is 0 Å². The molecule has 1 aliphatic rings. The van der Waals surface area contributed by atoms with Crippen LogP contribution in [0.2, 0.25) is 0 Å². The van der Waals surface area contributed by atoms with Gasteiger partial charge in [0, 0.05) is 6.54 Å². The zero-order valence-electron chi connectivity index (χ0n) is 12.1. The molecule has 1 aromatic carbocycles. The highest BCUT2D eigenvalue weighted by atomic mass is 16.3. The van der Waals surface area contributed by atoms with Crippen LogP contribution in [0.15, 0.2) is 30.3 Å². The number of aliphatic hydroxyl groups excluding tert-OH is 1. The molecule has 1 aromatic rings. The first-order valence-electron chi connectivity index (χ1n) is 7.41. The number of aliphatic hydroxyl groups is 1. The van der Waals surface area contributed by atoms with E-state index in [0.29, 0.717) is 25.8 Å². The van der Waals surface area contributed by atoms with E-state index in [2.05, 4.69) is 0 Å². The Morgan fingerprint density at radius 2 is 2.00 bits per heavy atom. The second kappa shape index (κ2) is 7.22. The van der Waals surface area contributed by atoms with Crippen molar-refractivity contribution in [3.63, 3.8) is 0 Å². The molecule has 5 heteroatoms. The fourth-order valence-corrected chi connectivity index (χ4v) is 2.75. The van der Waals surface area contributed by atoms with Crippen LogP contribution in [-0.4, -0.2) is 40.5 Å². The molecule has 0 spiro atoms. The summed E-state index contributed by atoms with van der Waals surface area (Å²) in [6, 6.07) is 9.14. The van der Waals surface area contributed by atoms with Gasteiger partial charge in [0.15, 0.2) is 0 Å². The molecule has 2 amide bonds. The molecule has 1 saturated heterocycles. The maximum atomic E-state index is 12.3. The number of hydrogen-bond acceptors (Lipinski definition) is 3. The van der Waals surface area contributed by atoms with Gasteiger partial charge in [-0.1, -0.05) is 30.3 Å². The lowest BCUT2D eigenvalue weighted by Crippen LogP contribution is -2.53. The first kappa shape index (κ1) is 15.5. The fourth-order valence-electron chi connectivity index (χ4n) is 2.75. The molecule has 5 nitrogen and oxygen atoms in total. The van der Waals surface area contributed by atoms with Gasteiger partial charge in [-0.05, 0) is 37.7 Å². The van der Waals surface area contributed by atoms with Gasteiger partial charge in [0.2, 0.25) is 5.91 Å². The second-order valence-corrected chi connectivity index (χ2v) is 5.49. The number of nitrogens with two attached hydrogens (primary N) is 1. The third kappa shape index (κ3) is 4.04. The molecule has 1 heterocycles. The molecular weight excluding hydrogens is 268 g/mol. The van der Waals surface area contributed by atoms with Gasteiger partial charge in [0.25, 0.3) is 5.91 Å². The van der Waals surface area contributed by atoms with E-state index >= 15 is 0 Å². The van der Waals surface area contributed by atoms with Crippen LogP contribution in [-0.2, 0) is 16.0 Å². The SMILES string of the molecule is NC(=O)C1CCCCN1C(=O)[C@H](O)CCc1ccccc1. The minimum atomic E-state index is -1.08. The van der Waals surface area contributed by atoms with Crippen LogP contribution in [0.25, 0.3) is 0 Å². The molecule has 0 aromatic heterocycles. The fraction of sp³-hybridized carbons (Fsp3) is 0.500. The first-order valence-corrected chi connectivity index (χ1v) is 7.41. The molecule has 0 saturated carbocycles. The van der Waals surface area contributed by atoms with Crippen molar-refractivity contribution in [2.75, 3.05) is 6.54 Å². The van der Waals surface area contributed by atoms with Crippen LogP contribution in [0.5, 0.6) is 0 Å². The minimum Gasteiger partial charge on any atom is -0.383 e. The van der Waals surface area contributed by atoms with Gasteiger partial charge in [-0.2, -0.15) is 0 Å². The van der Waals surface area contributed by atoms with E-state index in [4.69, 9.17) is 5.73 Å². The number of amides is 2. The van der Waals surface area contributed by atoms with E-state index in [0.717, 1.165) is 18.4 Å². The van der Waals surface area contributed by atoms with E-state index < -0.39 is 18.1 Å². The van der Waals surface area contributed by atoms with E-state index in [-0.39, 0.29) is 5.91 Å². The monoisotopic (exact) mass is 290 g/mol. The molecule has 0 aliphatic carbocycles. The van der Waals surface area contributed by atoms with Gasteiger partial charge >= 0.3 is 0 Å². The molecule has 2 rings (SSSR count). The van der Waals surface area contributed by atoms with Crippen LogP contribution in [0.1, 0.15) is 31.2 Å². The molecule has 1 aliphatic heterocycles. The minimum absolute atomic E-state index is 0.352. The van der Waals surface area contributed by atoms with Gasteiger partial charge in [0.1, 0.15) is 12.1 Å². The average Bonchev–Trinajstić information content (AvgIpc) is 2.52. The Kier molecular flexibility index (Phi) is 5.33. The van der Waals surface area contributed by atoms with Gasteiger partial charge in [0.05, 0.1) is 0 Å². The van der Waals surface area contributed by atoms with E-state index in [1.54, 1.807) is 0 Å². The highest BCUT2D eigenvalue weighted by Crippen LogP contribution is 2.19. The van der Waals surface area contributed by atoms with Gasteiger partial charge in [-0.3, -0.25) is 9.59 Å². The Labute approximate surface area is 124 Å². The summed E-state index contributed by atoms with van der Waals surface area (Å²) in [7, 11) is 0. The van der Waals surface area contributed by atoms with Crippen molar-refractivity contribution in [2.45, 2.75) is 44.2 Å². The van der Waals surface area contributed by atoms with E-state index in [1.165, 1.54) is 4.90 Å². The topological polar surface area (TPSA) is 83.6 Å². The standard InChI is InChI=1S/C16H22N2O3/c17-15(20)13-8-4-5-11-18(13)16(21)14(19)10-9-12-6-2-1-3-7-12/h1-3,6-7,13-14,19H,4-5,8-11H2,(H2,17,20)/t13?,14-/m1/s1. The van der Waals surface area contributed by atoms with Crippen LogP contribution >= 0.6 is 0 Å². The summed E-state index contributed by atoms with van der Waals surface area (Å²) in [5.74, 6) is -0.868. The Bertz CT molecular complexity index is 490. The molecule has 3 N–H and O–H groups in total. The number of carbonyl (C=O) groups excluding carboxylic acids is 2. The predicted octanol–water partition coefficient (Wildman–Crippen LogP) is 0.846. The van der Waals surface area contributed by atoms with Gasteiger partial charge in [-0.15, -0.1) is 0 Å². The number of primary amides is 1. The summed E-state index contributed by atoms with van der Waals surface area (Å²) in [5, 5.41) is 10.1. The zero-order chi connectivity index (χ0) is 15.2. The summed E-state index contributed by atoms with van der Waals surface area (Å²) in [6.45, 7) is 0.495. The quantitative estimate of drug-likeness (QED) is 0.843. The number of likely N-dealkylation sites (tertiary alicyclic amines) is 1. The highest BCUT2D eigenvalue weighted by molar-refractivity contribution is 5.88. The van der Waals surface area contributed by atoms with Crippen LogP contribution in [0.4, 0.5) is 0 Å². The Hall–Kier alpha value is -1.88. The van der Waals surface area contributed by atoms with Crippen molar-refractivity contribution in [3.05, 3.63) is 35.9 Å². The average molecular weight is 290 g/mol. The number of nitrogens with zero attached hydrogens (tertiary/aromatic N) is 1. The van der Waals surface area contributed by atoms with E-state index in [1.807, 2.05) is 30.3 Å². The largest absolute Gasteiger partial charge is 0.383 e. The maximum Gasteiger partial charge on any atom is 0.252 e.